The first-order chi connectivity index (χ1) is 14.0. The molecule has 0 saturated heterocycles. The predicted molar refractivity (Wildman–Crippen MR) is 115 cm³/mol. The summed E-state index contributed by atoms with van der Waals surface area (Å²) >= 11 is 1.62. The molecule has 0 radical (unpaired) electrons. The molecule has 0 atom stereocenters. The molecular weight excluding hydrogens is 384 g/mol. The fourth-order valence-electron chi connectivity index (χ4n) is 3.38. The van der Waals surface area contributed by atoms with Crippen LogP contribution in [-0.4, -0.2) is 27.3 Å². The molecule has 4 rings (SSSR count). The second-order valence-corrected chi connectivity index (χ2v) is 8.07. The first-order valence-electron chi connectivity index (χ1n) is 9.48. The number of anilines is 1. The number of carbonyl (C=O) groups is 2. The van der Waals surface area contributed by atoms with Crippen molar-refractivity contribution in [1.82, 2.24) is 15.1 Å². The molecule has 2 amide bonds. The molecule has 0 fully saturated rings. The molecule has 2 N–H and O–H groups in total. The lowest BCUT2D eigenvalue weighted by molar-refractivity contribution is -0.115. The summed E-state index contributed by atoms with van der Waals surface area (Å²) in [5.74, 6) is 0.546. The Morgan fingerprint density at radius 1 is 1.21 bits per heavy atom. The van der Waals surface area contributed by atoms with Crippen LogP contribution >= 0.6 is 11.8 Å². The van der Waals surface area contributed by atoms with Gasteiger partial charge in [-0.3, -0.25) is 9.59 Å². The Hall–Kier alpha value is -3.06. The highest BCUT2D eigenvalue weighted by atomic mass is 32.2. The van der Waals surface area contributed by atoms with Crippen molar-refractivity contribution in [2.75, 3.05) is 11.1 Å². The molecule has 6 nitrogen and oxygen atoms in total. The number of rotatable bonds is 4. The van der Waals surface area contributed by atoms with Crippen LogP contribution in [-0.2, 0) is 11.3 Å². The molecule has 2 heterocycles. The number of hydrogen-bond acceptors (Lipinski definition) is 4. The zero-order chi connectivity index (χ0) is 20.4. The van der Waals surface area contributed by atoms with Gasteiger partial charge in [0.2, 0.25) is 5.91 Å². The van der Waals surface area contributed by atoms with E-state index in [0.29, 0.717) is 24.2 Å². The number of amides is 2. The van der Waals surface area contributed by atoms with Crippen LogP contribution in [0.1, 0.15) is 33.7 Å². The lowest BCUT2D eigenvalue weighted by Crippen LogP contribution is -2.23. The third-order valence-corrected chi connectivity index (χ3v) is 6.05. The van der Waals surface area contributed by atoms with Crippen LogP contribution in [0.2, 0.25) is 0 Å². The number of nitrogens with zero attached hydrogens (tertiary/aromatic N) is 2. The lowest BCUT2D eigenvalue weighted by atomic mass is 10.1. The number of carbonyl (C=O) groups excluding carboxylic acids is 2. The lowest BCUT2D eigenvalue weighted by Gasteiger charge is -2.10. The minimum Gasteiger partial charge on any atom is -0.348 e. The Kier molecular flexibility index (Phi) is 5.40. The van der Waals surface area contributed by atoms with Crippen molar-refractivity contribution in [3.8, 4) is 5.69 Å². The predicted octanol–water partition coefficient (Wildman–Crippen LogP) is 3.85. The van der Waals surface area contributed by atoms with Crippen molar-refractivity contribution in [2.45, 2.75) is 31.7 Å². The maximum atomic E-state index is 12.7. The summed E-state index contributed by atoms with van der Waals surface area (Å²) in [6.07, 6.45) is 0.477. The van der Waals surface area contributed by atoms with Crippen LogP contribution in [0.5, 0.6) is 0 Å². The van der Waals surface area contributed by atoms with Gasteiger partial charge in [-0.1, -0.05) is 18.2 Å². The topological polar surface area (TPSA) is 76.0 Å². The van der Waals surface area contributed by atoms with E-state index >= 15 is 0 Å². The standard InChI is InChI=1S/C22H22N4O2S/c1-14-18(15(2)26(25-14)17-6-4-3-5-7-17)13-23-22(28)16-8-9-20-19(12-16)24-21(27)10-11-29-20/h3-9,12H,10-11,13H2,1-2H3,(H,23,28)(H,24,27). The van der Waals surface area contributed by atoms with Gasteiger partial charge in [0.15, 0.2) is 0 Å². The number of benzene rings is 2. The van der Waals surface area contributed by atoms with Crippen LogP contribution < -0.4 is 10.6 Å². The third-order valence-electron chi connectivity index (χ3n) is 4.97. The van der Waals surface area contributed by atoms with E-state index in [1.165, 1.54) is 0 Å². The molecule has 0 spiro atoms. The van der Waals surface area contributed by atoms with Crippen LogP contribution in [0.3, 0.4) is 0 Å². The first kappa shape index (κ1) is 19.3. The minimum atomic E-state index is -0.178. The van der Waals surface area contributed by atoms with Crippen molar-refractivity contribution in [1.29, 1.82) is 0 Å². The number of aryl methyl sites for hydroxylation is 1. The van der Waals surface area contributed by atoms with Gasteiger partial charge in [0, 0.05) is 40.4 Å². The molecule has 1 aliphatic heterocycles. The molecule has 3 aromatic rings. The summed E-state index contributed by atoms with van der Waals surface area (Å²) in [5, 5.41) is 10.5. The Morgan fingerprint density at radius 2 is 2.00 bits per heavy atom. The third kappa shape index (κ3) is 4.05. The van der Waals surface area contributed by atoms with E-state index in [4.69, 9.17) is 0 Å². The van der Waals surface area contributed by atoms with Gasteiger partial charge >= 0.3 is 0 Å². The number of para-hydroxylation sites is 1. The van der Waals surface area contributed by atoms with Crippen molar-refractivity contribution >= 4 is 29.3 Å². The molecule has 29 heavy (non-hydrogen) atoms. The molecule has 2 aromatic carbocycles. The van der Waals surface area contributed by atoms with Crippen LogP contribution in [0.4, 0.5) is 5.69 Å². The summed E-state index contributed by atoms with van der Waals surface area (Å²) in [6.45, 7) is 4.34. The molecule has 1 aliphatic rings. The number of fused-ring (bicyclic) bond motifs is 1. The smallest absolute Gasteiger partial charge is 0.251 e. The molecule has 148 valence electrons. The molecule has 1 aromatic heterocycles. The van der Waals surface area contributed by atoms with E-state index < -0.39 is 0 Å². The largest absolute Gasteiger partial charge is 0.348 e. The van der Waals surface area contributed by atoms with E-state index in [1.807, 2.05) is 54.9 Å². The van der Waals surface area contributed by atoms with Gasteiger partial charge < -0.3 is 10.6 Å². The van der Waals surface area contributed by atoms with Gasteiger partial charge in [-0.2, -0.15) is 5.10 Å². The summed E-state index contributed by atoms with van der Waals surface area (Å²) in [6, 6.07) is 15.4. The van der Waals surface area contributed by atoms with E-state index in [2.05, 4.69) is 15.7 Å². The molecule has 7 heteroatoms. The number of nitrogens with one attached hydrogen (secondary N) is 2. The Morgan fingerprint density at radius 3 is 2.79 bits per heavy atom. The zero-order valence-corrected chi connectivity index (χ0v) is 17.2. The summed E-state index contributed by atoms with van der Waals surface area (Å²) in [4.78, 5) is 25.5. The monoisotopic (exact) mass is 406 g/mol. The van der Waals surface area contributed by atoms with E-state index in [9.17, 15) is 9.59 Å². The average Bonchev–Trinajstić information content (AvgIpc) is 2.88. The average molecular weight is 407 g/mol. The number of aromatic nitrogens is 2. The van der Waals surface area contributed by atoms with Crippen molar-refractivity contribution in [3.63, 3.8) is 0 Å². The fourth-order valence-corrected chi connectivity index (χ4v) is 4.32. The highest BCUT2D eigenvalue weighted by Gasteiger charge is 2.17. The first-order valence-corrected chi connectivity index (χ1v) is 10.5. The maximum Gasteiger partial charge on any atom is 0.251 e. The Labute approximate surface area is 173 Å². The zero-order valence-electron chi connectivity index (χ0n) is 16.4. The molecule has 0 aliphatic carbocycles. The maximum absolute atomic E-state index is 12.7. The van der Waals surface area contributed by atoms with Crippen molar-refractivity contribution in [3.05, 3.63) is 71.0 Å². The molecule has 0 unspecified atom stereocenters. The van der Waals surface area contributed by atoms with Gasteiger partial charge in [0.25, 0.3) is 5.91 Å². The van der Waals surface area contributed by atoms with Crippen LogP contribution in [0.15, 0.2) is 53.4 Å². The minimum absolute atomic E-state index is 0.0200. The van der Waals surface area contributed by atoms with Gasteiger partial charge in [-0.15, -0.1) is 11.8 Å². The molecule has 0 bridgehead atoms. The normalized spacial score (nSPS) is 13.4. The van der Waals surface area contributed by atoms with Gasteiger partial charge in [0.05, 0.1) is 17.1 Å². The Bertz CT molecular complexity index is 1080. The second kappa shape index (κ2) is 8.13. The van der Waals surface area contributed by atoms with E-state index in [1.54, 1.807) is 23.9 Å². The SMILES string of the molecule is Cc1nn(-c2ccccc2)c(C)c1CNC(=O)c1ccc2c(c1)NC(=O)CCS2. The van der Waals surface area contributed by atoms with Gasteiger partial charge in [0.1, 0.15) is 0 Å². The summed E-state index contributed by atoms with van der Waals surface area (Å²) in [7, 11) is 0. The van der Waals surface area contributed by atoms with E-state index in [-0.39, 0.29) is 11.8 Å². The van der Waals surface area contributed by atoms with Crippen LogP contribution in [0, 0.1) is 13.8 Å². The van der Waals surface area contributed by atoms with Gasteiger partial charge in [-0.05, 0) is 44.2 Å². The molecular formula is C22H22N4O2S. The quantitative estimate of drug-likeness (QED) is 0.690. The second-order valence-electron chi connectivity index (χ2n) is 6.94. The Balaban J connectivity index is 1.51. The van der Waals surface area contributed by atoms with Crippen LogP contribution in [0.25, 0.3) is 5.69 Å². The van der Waals surface area contributed by atoms with Crippen molar-refractivity contribution in [2.24, 2.45) is 0 Å². The molecule has 0 saturated carbocycles. The summed E-state index contributed by atoms with van der Waals surface area (Å²) in [5.41, 5.74) is 5.11. The van der Waals surface area contributed by atoms with Gasteiger partial charge in [-0.25, -0.2) is 4.68 Å². The fraction of sp³-hybridized carbons (Fsp3) is 0.227. The summed E-state index contributed by atoms with van der Waals surface area (Å²) < 4.78 is 1.89. The van der Waals surface area contributed by atoms with Crippen molar-refractivity contribution < 1.29 is 9.59 Å². The number of thioether (sulfide) groups is 1. The highest BCUT2D eigenvalue weighted by Crippen LogP contribution is 2.31. The highest BCUT2D eigenvalue weighted by molar-refractivity contribution is 7.99. The van der Waals surface area contributed by atoms with E-state index in [0.717, 1.165) is 33.3 Å². The number of hydrogen-bond donors (Lipinski definition) is 2.